The number of piperazine rings is 1. The molecule has 2 aromatic rings. The molecule has 1 aromatic carbocycles. The Hall–Kier alpha value is -2.80. The number of anilines is 1. The van der Waals surface area contributed by atoms with E-state index in [1.54, 1.807) is 19.4 Å². The van der Waals surface area contributed by atoms with Gasteiger partial charge in [0.25, 0.3) is 5.91 Å². The van der Waals surface area contributed by atoms with E-state index >= 15 is 0 Å². The van der Waals surface area contributed by atoms with Crippen LogP contribution in [0.2, 0.25) is 0 Å². The van der Waals surface area contributed by atoms with Crippen molar-refractivity contribution in [3.63, 3.8) is 0 Å². The monoisotopic (exact) mass is 396 g/mol. The second-order valence-electron chi connectivity index (χ2n) is 7.64. The third kappa shape index (κ3) is 4.29. The number of piperidine rings is 1. The van der Waals surface area contributed by atoms with Crippen LogP contribution in [0.4, 0.5) is 5.69 Å². The van der Waals surface area contributed by atoms with Crippen LogP contribution in [0.15, 0.2) is 42.6 Å². The molecule has 1 atom stereocenters. The molecule has 0 spiro atoms. The molecule has 2 aliphatic heterocycles. The second kappa shape index (κ2) is 8.69. The van der Waals surface area contributed by atoms with Crippen molar-refractivity contribution in [1.29, 1.82) is 0 Å². The van der Waals surface area contributed by atoms with Gasteiger partial charge in [-0.05, 0) is 49.2 Å². The molecule has 2 fully saturated rings. The van der Waals surface area contributed by atoms with Crippen molar-refractivity contribution < 1.29 is 14.6 Å². The molecule has 1 unspecified atom stereocenters. The van der Waals surface area contributed by atoms with Crippen LogP contribution in [0, 0.1) is 0 Å². The largest absolute Gasteiger partial charge is 0.505 e. The number of likely N-dealkylation sites (tertiary alicyclic amines) is 1. The van der Waals surface area contributed by atoms with Crippen molar-refractivity contribution in [1.82, 2.24) is 14.8 Å². The number of ether oxygens (including phenoxy) is 1. The average Bonchev–Trinajstić information content (AvgIpc) is 2.79. The average molecular weight is 396 g/mol. The Morgan fingerprint density at radius 3 is 2.55 bits per heavy atom. The van der Waals surface area contributed by atoms with Crippen molar-refractivity contribution in [2.45, 2.75) is 18.9 Å². The highest BCUT2D eigenvalue weighted by Gasteiger charge is 2.31. The van der Waals surface area contributed by atoms with Gasteiger partial charge in [0.15, 0.2) is 5.69 Å². The summed E-state index contributed by atoms with van der Waals surface area (Å²) in [4.78, 5) is 23.6. The number of aromatic hydroxyl groups is 1. The van der Waals surface area contributed by atoms with Gasteiger partial charge >= 0.3 is 0 Å². The first-order valence-corrected chi connectivity index (χ1v) is 10.2. The molecule has 2 aliphatic rings. The predicted octanol–water partition coefficient (Wildman–Crippen LogP) is 2.22. The maximum absolute atomic E-state index is 12.8. The first kappa shape index (κ1) is 19.5. The summed E-state index contributed by atoms with van der Waals surface area (Å²) < 4.78 is 5.24. The highest BCUT2D eigenvalue weighted by atomic mass is 16.5. The van der Waals surface area contributed by atoms with Crippen LogP contribution in [0.25, 0.3) is 0 Å². The van der Waals surface area contributed by atoms with Gasteiger partial charge in [-0.2, -0.15) is 0 Å². The van der Waals surface area contributed by atoms with E-state index in [2.05, 4.69) is 26.9 Å². The van der Waals surface area contributed by atoms with Gasteiger partial charge in [0.1, 0.15) is 11.5 Å². The van der Waals surface area contributed by atoms with Crippen molar-refractivity contribution >= 4 is 11.6 Å². The number of benzene rings is 1. The summed E-state index contributed by atoms with van der Waals surface area (Å²) in [7, 11) is 1.68. The molecule has 7 nitrogen and oxygen atoms in total. The molecule has 4 rings (SSSR count). The quantitative estimate of drug-likeness (QED) is 0.855. The number of amides is 1. The zero-order valence-corrected chi connectivity index (χ0v) is 16.8. The molecule has 1 amide bonds. The van der Waals surface area contributed by atoms with E-state index < -0.39 is 0 Å². The van der Waals surface area contributed by atoms with E-state index in [4.69, 9.17) is 4.74 Å². The Kier molecular flexibility index (Phi) is 5.85. The minimum absolute atomic E-state index is 0.0484. The summed E-state index contributed by atoms with van der Waals surface area (Å²) in [5.74, 6) is 0.649. The van der Waals surface area contributed by atoms with Crippen molar-refractivity contribution in [3.8, 4) is 11.5 Å². The van der Waals surface area contributed by atoms with Crippen LogP contribution >= 0.6 is 0 Å². The first-order valence-electron chi connectivity index (χ1n) is 10.2. The van der Waals surface area contributed by atoms with Crippen LogP contribution < -0.4 is 9.64 Å². The predicted molar refractivity (Wildman–Crippen MR) is 112 cm³/mol. The molecular weight excluding hydrogens is 368 g/mol. The minimum Gasteiger partial charge on any atom is -0.505 e. The molecule has 1 N–H and O–H groups in total. The van der Waals surface area contributed by atoms with Crippen molar-refractivity contribution in [3.05, 3.63) is 48.3 Å². The van der Waals surface area contributed by atoms with Crippen LogP contribution in [0.3, 0.4) is 0 Å². The zero-order valence-electron chi connectivity index (χ0n) is 16.8. The van der Waals surface area contributed by atoms with Gasteiger partial charge in [0.2, 0.25) is 0 Å². The maximum Gasteiger partial charge on any atom is 0.276 e. The number of rotatable bonds is 4. The molecule has 0 aliphatic carbocycles. The lowest BCUT2D eigenvalue weighted by Gasteiger charge is -2.43. The second-order valence-corrected chi connectivity index (χ2v) is 7.64. The molecule has 1 aromatic heterocycles. The number of aromatic nitrogens is 1. The smallest absolute Gasteiger partial charge is 0.276 e. The molecule has 154 valence electrons. The Morgan fingerprint density at radius 1 is 1.10 bits per heavy atom. The summed E-state index contributed by atoms with van der Waals surface area (Å²) in [5.41, 5.74) is 1.37. The summed E-state index contributed by atoms with van der Waals surface area (Å²) in [6.45, 7) is 5.31. The lowest BCUT2D eigenvalue weighted by atomic mass is 10.0. The third-order valence-corrected chi connectivity index (χ3v) is 5.94. The molecule has 0 radical (unpaired) electrons. The molecule has 3 heterocycles. The third-order valence-electron chi connectivity index (χ3n) is 5.94. The normalized spacial score (nSPS) is 20.5. The Bertz CT molecular complexity index is 834. The van der Waals surface area contributed by atoms with Gasteiger partial charge in [-0.15, -0.1) is 0 Å². The van der Waals surface area contributed by atoms with Gasteiger partial charge in [-0.25, -0.2) is 4.98 Å². The maximum atomic E-state index is 12.8. The number of hydrogen-bond donors (Lipinski definition) is 1. The summed E-state index contributed by atoms with van der Waals surface area (Å²) in [6.07, 6.45) is 3.62. The first-order chi connectivity index (χ1) is 14.2. The van der Waals surface area contributed by atoms with Gasteiger partial charge in [-0.3, -0.25) is 9.69 Å². The van der Waals surface area contributed by atoms with Crippen molar-refractivity contribution in [2.75, 3.05) is 51.3 Å². The molecule has 29 heavy (non-hydrogen) atoms. The fourth-order valence-electron chi connectivity index (χ4n) is 4.29. The van der Waals surface area contributed by atoms with Gasteiger partial charge in [0.05, 0.1) is 7.11 Å². The fourth-order valence-corrected chi connectivity index (χ4v) is 4.29. The topological polar surface area (TPSA) is 69.1 Å². The van der Waals surface area contributed by atoms with Gasteiger partial charge < -0.3 is 19.6 Å². The van der Waals surface area contributed by atoms with E-state index in [1.807, 2.05) is 17.0 Å². The Morgan fingerprint density at radius 2 is 1.86 bits per heavy atom. The van der Waals surface area contributed by atoms with E-state index in [0.29, 0.717) is 12.6 Å². The number of methoxy groups -OCH3 is 1. The van der Waals surface area contributed by atoms with E-state index in [9.17, 15) is 9.90 Å². The minimum atomic E-state index is -0.176. The zero-order chi connectivity index (χ0) is 20.2. The van der Waals surface area contributed by atoms with E-state index in [1.165, 1.54) is 11.8 Å². The Labute approximate surface area is 171 Å². The lowest BCUT2D eigenvalue weighted by molar-refractivity contribution is 0.0555. The summed E-state index contributed by atoms with van der Waals surface area (Å²) in [6, 6.07) is 11.7. The van der Waals surface area contributed by atoms with Crippen molar-refractivity contribution in [2.24, 2.45) is 0 Å². The highest BCUT2D eigenvalue weighted by molar-refractivity contribution is 5.94. The van der Waals surface area contributed by atoms with Crippen LogP contribution in [-0.2, 0) is 0 Å². The van der Waals surface area contributed by atoms with Crippen LogP contribution in [-0.4, -0.2) is 78.2 Å². The number of pyridine rings is 1. The number of carbonyl (C=O) groups excluding carboxylic acids is 1. The SMILES string of the molecule is COc1ccc(N2CCN(C3CCCN(C(=O)c4ncccc4O)C3)CC2)cc1. The standard InChI is InChI=1S/C22H28N4O3/c1-29-19-8-6-17(7-9-19)24-12-14-25(15-13-24)18-4-3-11-26(16-18)22(28)21-20(27)5-2-10-23-21/h2,5-10,18,27H,3-4,11-16H2,1H3. The van der Waals surface area contributed by atoms with E-state index in [0.717, 1.165) is 51.3 Å². The molecule has 2 saturated heterocycles. The summed E-state index contributed by atoms with van der Waals surface area (Å²) in [5, 5.41) is 9.96. The van der Waals surface area contributed by atoms with Gasteiger partial charge in [0, 0.05) is 57.2 Å². The highest BCUT2D eigenvalue weighted by Crippen LogP contribution is 2.24. The number of hydrogen-bond acceptors (Lipinski definition) is 6. The molecular formula is C22H28N4O3. The van der Waals surface area contributed by atoms with Crippen LogP contribution in [0.1, 0.15) is 23.3 Å². The van der Waals surface area contributed by atoms with E-state index in [-0.39, 0.29) is 17.4 Å². The van der Waals surface area contributed by atoms with Gasteiger partial charge in [-0.1, -0.05) is 0 Å². The molecule has 0 bridgehead atoms. The summed E-state index contributed by atoms with van der Waals surface area (Å²) >= 11 is 0. The van der Waals surface area contributed by atoms with Crippen LogP contribution in [0.5, 0.6) is 11.5 Å². The molecule has 0 saturated carbocycles. The molecule has 7 heteroatoms. The lowest BCUT2D eigenvalue weighted by Crippen LogP contribution is -2.56. The number of carbonyl (C=O) groups is 1. The fraction of sp³-hybridized carbons (Fsp3) is 0.455. The number of nitrogens with zero attached hydrogens (tertiary/aromatic N) is 4. The Balaban J connectivity index is 1.35.